The summed E-state index contributed by atoms with van der Waals surface area (Å²) in [7, 11) is 0. The topological polar surface area (TPSA) is 17.1 Å². The van der Waals surface area contributed by atoms with Crippen LogP contribution in [0, 0.1) is 11.8 Å². The molecule has 0 spiro atoms. The second kappa shape index (κ2) is 11.0. The van der Waals surface area contributed by atoms with Crippen LogP contribution in [-0.4, -0.2) is 5.78 Å². The molecule has 0 radical (unpaired) electrons. The minimum absolute atomic E-state index is 0.128. The molecule has 0 aliphatic rings. The highest BCUT2D eigenvalue weighted by molar-refractivity contribution is 5.88. The van der Waals surface area contributed by atoms with Gasteiger partial charge in [0.05, 0.1) is 0 Å². The summed E-state index contributed by atoms with van der Waals surface area (Å²) < 4.78 is 0. The lowest BCUT2D eigenvalue weighted by Gasteiger charge is -2.14. The second-order valence-corrected chi connectivity index (χ2v) is 5.86. The Morgan fingerprint density at radius 3 is 2.32 bits per heavy atom. The van der Waals surface area contributed by atoms with Crippen molar-refractivity contribution >= 4 is 5.78 Å². The Bertz CT molecular complexity index is 299. The standard InChI is InChI=1S/C18H32O/c1-6-15(3)10-8-12-18(7-2)13-9-11-16(4)14-17(5)19/h9,11,14-15,18H,6-8,10,12-13H2,1-5H3/b11-9+,16-14+. The summed E-state index contributed by atoms with van der Waals surface area (Å²) in [6.07, 6.45) is 13.7. The van der Waals surface area contributed by atoms with E-state index >= 15 is 0 Å². The van der Waals surface area contributed by atoms with Gasteiger partial charge in [-0.2, -0.15) is 0 Å². The molecule has 0 rings (SSSR count). The number of ketones is 1. The van der Waals surface area contributed by atoms with Crippen molar-refractivity contribution in [1.29, 1.82) is 0 Å². The number of carbonyl (C=O) groups excluding carboxylic acids is 1. The number of carbonyl (C=O) groups is 1. The van der Waals surface area contributed by atoms with Gasteiger partial charge in [0.15, 0.2) is 5.78 Å². The Morgan fingerprint density at radius 2 is 1.79 bits per heavy atom. The molecule has 0 aliphatic heterocycles. The Morgan fingerprint density at radius 1 is 1.11 bits per heavy atom. The first-order chi connectivity index (χ1) is 8.99. The van der Waals surface area contributed by atoms with Gasteiger partial charge in [-0.05, 0) is 43.8 Å². The van der Waals surface area contributed by atoms with Gasteiger partial charge in [0.2, 0.25) is 0 Å². The van der Waals surface area contributed by atoms with Crippen LogP contribution in [0.4, 0.5) is 0 Å². The fourth-order valence-electron chi connectivity index (χ4n) is 2.26. The SMILES string of the molecule is CCC(C)CCCC(CC)C/C=C/C(C)=C/C(C)=O. The maximum Gasteiger partial charge on any atom is 0.152 e. The van der Waals surface area contributed by atoms with Gasteiger partial charge in [0.25, 0.3) is 0 Å². The predicted molar refractivity (Wildman–Crippen MR) is 85.3 cm³/mol. The van der Waals surface area contributed by atoms with Crippen molar-refractivity contribution in [2.75, 3.05) is 0 Å². The first kappa shape index (κ1) is 18.1. The van der Waals surface area contributed by atoms with Gasteiger partial charge in [-0.1, -0.05) is 65.0 Å². The summed E-state index contributed by atoms with van der Waals surface area (Å²) in [6.45, 7) is 10.5. The number of hydrogen-bond acceptors (Lipinski definition) is 1. The van der Waals surface area contributed by atoms with Crippen molar-refractivity contribution in [3.8, 4) is 0 Å². The molecule has 1 nitrogen and oxygen atoms in total. The molecule has 0 amide bonds. The predicted octanol–water partition coefficient (Wildman–Crippen LogP) is 5.71. The van der Waals surface area contributed by atoms with Crippen LogP contribution in [0.3, 0.4) is 0 Å². The zero-order valence-electron chi connectivity index (χ0n) is 13.5. The average Bonchev–Trinajstić information content (AvgIpc) is 2.35. The van der Waals surface area contributed by atoms with E-state index in [9.17, 15) is 4.79 Å². The van der Waals surface area contributed by atoms with Crippen LogP contribution in [0.15, 0.2) is 23.8 Å². The summed E-state index contributed by atoms with van der Waals surface area (Å²) in [6, 6.07) is 0. The lowest BCUT2D eigenvalue weighted by molar-refractivity contribution is -0.112. The molecule has 0 fully saturated rings. The van der Waals surface area contributed by atoms with Gasteiger partial charge in [0.1, 0.15) is 0 Å². The van der Waals surface area contributed by atoms with Crippen LogP contribution in [0.5, 0.6) is 0 Å². The van der Waals surface area contributed by atoms with Gasteiger partial charge in [0, 0.05) is 0 Å². The Balaban J connectivity index is 3.99. The van der Waals surface area contributed by atoms with Crippen LogP contribution >= 0.6 is 0 Å². The van der Waals surface area contributed by atoms with Crippen molar-refractivity contribution in [1.82, 2.24) is 0 Å². The quantitative estimate of drug-likeness (QED) is 0.365. The van der Waals surface area contributed by atoms with Crippen molar-refractivity contribution in [3.05, 3.63) is 23.8 Å². The fraction of sp³-hybridized carbons (Fsp3) is 0.722. The zero-order chi connectivity index (χ0) is 14.7. The first-order valence-corrected chi connectivity index (χ1v) is 7.84. The van der Waals surface area contributed by atoms with E-state index in [1.54, 1.807) is 13.0 Å². The third kappa shape index (κ3) is 10.7. The highest BCUT2D eigenvalue weighted by Gasteiger charge is 2.05. The molecule has 0 aromatic heterocycles. The second-order valence-electron chi connectivity index (χ2n) is 5.86. The molecule has 0 heterocycles. The highest BCUT2D eigenvalue weighted by atomic mass is 16.1. The molecule has 0 aromatic carbocycles. The lowest BCUT2D eigenvalue weighted by atomic mass is 9.92. The normalized spacial score (nSPS) is 15.7. The van der Waals surface area contributed by atoms with Crippen molar-refractivity contribution in [2.24, 2.45) is 11.8 Å². The molecular weight excluding hydrogens is 232 g/mol. The number of allylic oxidation sites excluding steroid dienone is 4. The molecule has 0 saturated heterocycles. The van der Waals surface area contributed by atoms with Crippen molar-refractivity contribution in [3.63, 3.8) is 0 Å². The first-order valence-electron chi connectivity index (χ1n) is 7.84. The van der Waals surface area contributed by atoms with E-state index in [1.165, 1.54) is 32.1 Å². The van der Waals surface area contributed by atoms with Gasteiger partial charge < -0.3 is 0 Å². The number of rotatable bonds is 10. The molecule has 110 valence electrons. The van der Waals surface area contributed by atoms with Crippen molar-refractivity contribution in [2.45, 2.75) is 73.1 Å². The summed E-state index contributed by atoms with van der Waals surface area (Å²) in [4.78, 5) is 10.9. The van der Waals surface area contributed by atoms with E-state index in [2.05, 4.69) is 32.9 Å². The van der Waals surface area contributed by atoms with Crippen LogP contribution in [0.25, 0.3) is 0 Å². The van der Waals surface area contributed by atoms with Crippen LogP contribution in [-0.2, 0) is 4.79 Å². The highest BCUT2D eigenvalue weighted by Crippen LogP contribution is 2.20. The van der Waals surface area contributed by atoms with Gasteiger partial charge in [-0.25, -0.2) is 0 Å². The smallest absolute Gasteiger partial charge is 0.152 e. The van der Waals surface area contributed by atoms with Crippen LogP contribution in [0.1, 0.15) is 73.1 Å². The van der Waals surface area contributed by atoms with Crippen LogP contribution < -0.4 is 0 Å². The van der Waals surface area contributed by atoms with Gasteiger partial charge in [-0.3, -0.25) is 4.79 Å². The number of hydrogen-bond donors (Lipinski definition) is 0. The fourth-order valence-corrected chi connectivity index (χ4v) is 2.26. The molecule has 0 aliphatic carbocycles. The summed E-state index contributed by atoms with van der Waals surface area (Å²) in [5.41, 5.74) is 1.06. The third-order valence-corrected chi connectivity index (χ3v) is 3.86. The van der Waals surface area contributed by atoms with E-state index in [0.717, 1.165) is 23.8 Å². The van der Waals surface area contributed by atoms with E-state index in [1.807, 2.05) is 6.92 Å². The van der Waals surface area contributed by atoms with E-state index in [0.29, 0.717) is 0 Å². The monoisotopic (exact) mass is 264 g/mol. The lowest BCUT2D eigenvalue weighted by Crippen LogP contribution is -1.99. The molecule has 2 atom stereocenters. The maximum absolute atomic E-state index is 10.9. The Labute approximate surface area is 120 Å². The summed E-state index contributed by atoms with van der Waals surface area (Å²) in [5, 5.41) is 0. The van der Waals surface area contributed by atoms with E-state index in [4.69, 9.17) is 0 Å². The largest absolute Gasteiger partial charge is 0.295 e. The molecule has 19 heavy (non-hydrogen) atoms. The molecule has 0 bridgehead atoms. The summed E-state index contributed by atoms with van der Waals surface area (Å²) in [5.74, 6) is 1.79. The van der Waals surface area contributed by atoms with E-state index < -0.39 is 0 Å². The molecule has 1 heteroatoms. The minimum Gasteiger partial charge on any atom is -0.295 e. The Hall–Kier alpha value is -0.850. The summed E-state index contributed by atoms with van der Waals surface area (Å²) >= 11 is 0. The maximum atomic E-state index is 10.9. The molecular formula is C18H32O. The zero-order valence-corrected chi connectivity index (χ0v) is 13.5. The third-order valence-electron chi connectivity index (χ3n) is 3.86. The molecule has 2 unspecified atom stereocenters. The van der Waals surface area contributed by atoms with Gasteiger partial charge in [-0.15, -0.1) is 0 Å². The Kier molecular flexibility index (Phi) is 10.5. The van der Waals surface area contributed by atoms with Crippen molar-refractivity contribution < 1.29 is 4.79 Å². The van der Waals surface area contributed by atoms with Crippen LogP contribution in [0.2, 0.25) is 0 Å². The van der Waals surface area contributed by atoms with Gasteiger partial charge >= 0.3 is 0 Å². The molecule has 0 aromatic rings. The van der Waals surface area contributed by atoms with E-state index in [-0.39, 0.29) is 5.78 Å². The molecule has 0 saturated carbocycles. The minimum atomic E-state index is 0.128. The average molecular weight is 264 g/mol. The molecule has 0 N–H and O–H groups in total.